The predicted octanol–water partition coefficient (Wildman–Crippen LogP) is 1.58. The molecule has 0 saturated heterocycles. The monoisotopic (exact) mass is 208 g/mol. The summed E-state index contributed by atoms with van der Waals surface area (Å²) in [5, 5.41) is 11.6. The molecule has 1 heterocycles. The van der Waals surface area contributed by atoms with E-state index < -0.39 is 0 Å². The Morgan fingerprint density at radius 2 is 2.33 bits per heavy atom. The van der Waals surface area contributed by atoms with Crippen LogP contribution in [0, 0.1) is 5.92 Å². The molecule has 1 N–H and O–H groups in total. The third-order valence-corrected chi connectivity index (χ3v) is 2.74. The molecule has 4 nitrogen and oxygen atoms in total. The SMILES string of the molecule is CC(C)NCc1cn(CCC2CC2)nn1. The minimum atomic E-state index is 0.501. The smallest absolute Gasteiger partial charge is 0.0964 e. The van der Waals surface area contributed by atoms with E-state index in [1.165, 1.54) is 19.3 Å². The number of hydrogen-bond donors (Lipinski definition) is 1. The summed E-state index contributed by atoms with van der Waals surface area (Å²) in [5.41, 5.74) is 1.04. The lowest BCUT2D eigenvalue weighted by molar-refractivity contribution is 0.531. The average molecular weight is 208 g/mol. The Hall–Kier alpha value is -0.900. The van der Waals surface area contributed by atoms with E-state index in [1.54, 1.807) is 0 Å². The van der Waals surface area contributed by atoms with Crippen LogP contribution >= 0.6 is 0 Å². The summed E-state index contributed by atoms with van der Waals surface area (Å²) in [6.07, 6.45) is 6.14. The highest BCUT2D eigenvalue weighted by Gasteiger charge is 2.20. The fourth-order valence-electron chi connectivity index (χ4n) is 1.56. The van der Waals surface area contributed by atoms with Crippen LogP contribution in [0.4, 0.5) is 0 Å². The minimum Gasteiger partial charge on any atom is -0.309 e. The van der Waals surface area contributed by atoms with Crippen LogP contribution in [-0.2, 0) is 13.1 Å². The molecule has 2 rings (SSSR count). The van der Waals surface area contributed by atoms with Gasteiger partial charge in [-0.25, -0.2) is 0 Å². The number of hydrogen-bond acceptors (Lipinski definition) is 3. The quantitative estimate of drug-likeness (QED) is 0.771. The molecule has 0 spiro atoms. The second-order valence-corrected chi connectivity index (χ2v) is 4.74. The zero-order chi connectivity index (χ0) is 10.7. The van der Waals surface area contributed by atoms with Crippen LogP contribution in [0.15, 0.2) is 6.20 Å². The summed E-state index contributed by atoms with van der Waals surface area (Å²) in [7, 11) is 0. The molecule has 0 atom stereocenters. The molecule has 84 valence electrons. The Kier molecular flexibility index (Phi) is 3.36. The van der Waals surface area contributed by atoms with Gasteiger partial charge in [-0.3, -0.25) is 4.68 Å². The van der Waals surface area contributed by atoms with Gasteiger partial charge in [-0.1, -0.05) is 31.9 Å². The molecular formula is C11H20N4. The van der Waals surface area contributed by atoms with Gasteiger partial charge in [0.2, 0.25) is 0 Å². The standard InChI is InChI=1S/C11H20N4/c1-9(2)12-7-11-8-15(14-13-11)6-5-10-3-4-10/h8-10,12H,3-7H2,1-2H3. The molecule has 0 radical (unpaired) electrons. The number of nitrogens with one attached hydrogen (secondary N) is 1. The molecule has 0 aliphatic heterocycles. The highest BCUT2D eigenvalue weighted by atomic mass is 15.4. The van der Waals surface area contributed by atoms with Crippen LogP contribution in [0.1, 0.15) is 38.8 Å². The van der Waals surface area contributed by atoms with Crippen LogP contribution in [-0.4, -0.2) is 21.0 Å². The molecule has 1 aliphatic rings. The van der Waals surface area contributed by atoms with Gasteiger partial charge in [-0.15, -0.1) is 5.10 Å². The lowest BCUT2D eigenvalue weighted by Crippen LogP contribution is -2.21. The van der Waals surface area contributed by atoms with E-state index in [9.17, 15) is 0 Å². The molecule has 4 heteroatoms. The Labute approximate surface area is 91.1 Å². The molecule has 0 amide bonds. The number of nitrogens with zero attached hydrogens (tertiary/aromatic N) is 3. The topological polar surface area (TPSA) is 42.7 Å². The van der Waals surface area contributed by atoms with Gasteiger partial charge in [0.15, 0.2) is 0 Å². The predicted molar refractivity (Wildman–Crippen MR) is 59.3 cm³/mol. The van der Waals surface area contributed by atoms with E-state index in [0.717, 1.165) is 24.7 Å². The first-order chi connectivity index (χ1) is 7.24. The largest absolute Gasteiger partial charge is 0.309 e. The molecule has 1 fully saturated rings. The fraction of sp³-hybridized carbons (Fsp3) is 0.818. The van der Waals surface area contributed by atoms with Gasteiger partial charge in [-0.2, -0.15) is 0 Å². The second kappa shape index (κ2) is 4.75. The zero-order valence-electron chi connectivity index (χ0n) is 9.61. The molecule has 1 aromatic heterocycles. The van der Waals surface area contributed by atoms with E-state index in [4.69, 9.17) is 0 Å². The lowest BCUT2D eigenvalue weighted by atomic mass is 10.3. The molecule has 1 aromatic rings. The van der Waals surface area contributed by atoms with Crippen molar-refractivity contribution in [1.82, 2.24) is 20.3 Å². The van der Waals surface area contributed by atoms with Crippen LogP contribution in [0.5, 0.6) is 0 Å². The van der Waals surface area contributed by atoms with Crippen LogP contribution in [0.3, 0.4) is 0 Å². The van der Waals surface area contributed by atoms with E-state index in [2.05, 4.69) is 35.7 Å². The molecule has 0 aromatic carbocycles. The summed E-state index contributed by atoms with van der Waals surface area (Å²) in [4.78, 5) is 0. The van der Waals surface area contributed by atoms with Crippen molar-refractivity contribution >= 4 is 0 Å². The summed E-state index contributed by atoms with van der Waals surface area (Å²) in [6, 6.07) is 0.501. The Balaban J connectivity index is 1.75. The number of aromatic nitrogens is 3. The Morgan fingerprint density at radius 3 is 3.00 bits per heavy atom. The van der Waals surface area contributed by atoms with Crippen molar-refractivity contribution in [2.24, 2.45) is 5.92 Å². The van der Waals surface area contributed by atoms with E-state index in [0.29, 0.717) is 6.04 Å². The van der Waals surface area contributed by atoms with Gasteiger partial charge in [0, 0.05) is 25.3 Å². The van der Waals surface area contributed by atoms with E-state index >= 15 is 0 Å². The fourth-order valence-corrected chi connectivity index (χ4v) is 1.56. The summed E-state index contributed by atoms with van der Waals surface area (Å²) in [6.45, 7) is 6.12. The summed E-state index contributed by atoms with van der Waals surface area (Å²) >= 11 is 0. The molecule has 1 aliphatic carbocycles. The maximum Gasteiger partial charge on any atom is 0.0964 e. The molecule has 0 bridgehead atoms. The maximum absolute atomic E-state index is 4.14. The molecule has 0 unspecified atom stereocenters. The van der Waals surface area contributed by atoms with Crippen molar-refractivity contribution < 1.29 is 0 Å². The van der Waals surface area contributed by atoms with Crippen LogP contribution in [0.2, 0.25) is 0 Å². The van der Waals surface area contributed by atoms with Crippen molar-refractivity contribution in [2.45, 2.75) is 52.2 Å². The van der Waals surface area contributed by atoms with E-state index in [1.807, 2.05) is 4.68 Å². The van der Waals surface area contributed by atoms with Crippen molar-refractivity contribution in [3.63, 3.8) is 0 Å². The van der Waals surface area contributed by atoms with Crippen molar-refractivity contribution in [3.05, 3.63) is 11.9 Å². The van der Waals surface area contributed by atoms with Crippen LogP contribution in [0.25, 0.3) is 0 Å². The lowest BCUT2D eigenvalue weighted by Gasteiger charge is -2.04. The van der Waals surface area contributed by atoms with Gasteiger partial charge in [0.25, 0.3) is 0 Å². The third-order valence-electron chi connectivity index (χ3n) is 2.74. The highest BCUT2D eigenvalue weighted by Crippen LogP contribution is 2.32. The minimum absolute atomic E-state index is 0.501. The second-order valence-electron chi connectivity index (χ2n) is 4.74. The molecular weight excluding hydrogens is 188 g/mol. The van der Waals surface area contributed by atoms with Crippen molar-refractivity contribution in [3.8, 4) is 0 Å². The zero-order valence-corrected chi connectivity index (χ0v) is 9.61. The average Bonchev–Trinajstić information content (AvgIpc) is 2.92. The third kappa shape index (κ3) is 3.63. The van der Waals surface area contributed by atoms with E-state index in [-0.39, 0.29) is 0 Å². The Morgan fingerprint density at radius 1 is 1.53 bits per heavy atom. The first-order valence-electron chi connectivity index (χ1n) is 5.86. The first kappa shape index (κ1) is 10.6. The summed E-state index contributed by atoms with van der Waals surface area (Å²) in [5.74, 6) is 0.964. The maximum atomic E-state index is 4.14. The van der Waals surface area contributed by atoms with Crippen LogP contribution < -0.4 is 5.32 Å². The van der Waals surface area contributed by atoms with Crippen molar-refractivity contribution in [1.29, 1.82) is 0 Å². The highest BCUT2D eigenvalue weighted by molar-refractivity contribution is 4.92. The van der Waals surface area contributed by atoms with Gasteiger partial charge in [0.1, 0.15) is 0 Å². The summed E-state index contributed by atoms with van der Waals surface area (Å²) < 4.78 is 1.97. The molecule has 15 heavy (non-hydrogen) atoms. The number of rotatable bonds is 6. The first-order valence-corrected chi connectivity index (χ1v) is 5.86. The molecule has 1 saturated carbocycles. The normalized spacial score (nSPS) is 16.2. The van der Waals surface area contributed by atoms with Gasteiger partial charge in [0.05, 0.1) is 5.69 Å². The van der Waals surface area contributed by atoms with Crippen molar-refractivity contribution in [2.75, 3.05) is 0 Å². The number of aryl methyl sites for hydroxylation is 1. The van der Waals surface area contributed by atoms with Gasteiger partial charge in [-0.05, 0) is 12.3 Å². The van der Waals surface area contributed by atoms with Gasteiger partial charge < -0.3 is 5.32 Å². The van der Waals surface area contributed by atoms with Gasteiger partial charge >= 0.3 is 0 Å². The Bertz CT molecular complexity index is 281.